The van der Waals surface area contributed by atoms with Crippen LogP contribution in [0.25, 0.3) is 0 Å². The Kier molecular flexibility index (Phi) is 5.20. The number of nitrogens with zero attached hydrogens (tertiary/aromatic N) is 2. The molecular weight excluding hydrogens is 278 g/mol. The summed E-state index contributed by atoms with van der Waals surface area (Å²) in [5, 5.41) is 14.4. The van der Waals surface area contributed by atoms with Crippen LogP contribution in [-0.4, -0.2) is 35.5 Å². The molecule has 1 aliphatic heterocycles. The van der Waals surface area contributed by atoms with E-state index in [1.165, 1.54) is 12.5 Å². The van der Waals surface area contributed by atoms with E-state index in [0.29, 0.717) is 6.04 Å². The molecule has 1 fully saturated rings. The van der Waals surface area contributed by atoms with Gasteiger partial charge in [-0.05, 0) is 44.5 Å². The third-order valence-electron chi connectivity index (χ3n) is 3.78. The molecule has 20 heavy (non-hydrogen) atoms. The second kappa shape index (κ2) is 6.90. The zero-order chi connectivity index (χ0) is 14.5. The lowest BCUT2D eigenvalue weighted by molar-refractivity contribution is -0.384. The predicted molar refractivity (Wildman–Crippen MR) is 81.5 cm³/mol. The van der Waals surface area contributed by atoms with E-state index in [-0.39, 0.29) is 10.7 Å². The van der Waals surface area contributed by atoms with Gasteiger partial charge in [-0.1, -0.05) is 18.5 Å². The number of nitrogens with one attached hydrogen (secondary N) is 1. The minimum atomic E-state index is -0.461. The van der Waals surface area contributed by atoms with Crippen LogP contribution in [0, 0.1) is 10.1 Å². The summed E-state index contributed by atoms with van der Waals surface area (Å²) in [5.74, 6) is 0. The van der Waals surface area contributed by atoms with Gasteiger partial charge in [0.15, 0.2) is 0 Å². The zero-order valence-corrected chi connectivity index (χ0v) is 12.4. The van der Waals surface area contributed by atoms with Crippen molar-refractivity contribution in [1.82, 2.24) is 4.90 Å². The van der Waals surface area contributed by atoms with E-state index in [9.17, 15) is 10.1 Å². The lowest BCUT2D eigenvalue weighted by Gasteiger charge is -2.19. The number of benzene rings is 1. The van der Waals surface area contributed by atoms with Gasteiger partial charge in [0, 0.05) is 24.3 Å². The molecule has 1 aliphatic rings. The number of halogens is 1. The molecule has 0 aromatic heterocycles. The minimum Gasteiger partial charge on any atom is -0.382 e. The van der Waals surface area contributed by atoms with Crippen LogP contribution >= 0.6 is 11.6 Å². The fourth-order valence-corrected chi connectivity index (χ4v) is 2.85. The number of hydrogen-bond donors (Lipinski definition) is 1. The quantitative estimate of drug-likeness (QED) is 0.682. The molecule has 0 saturated carbocycles. The molecule has 6 heteroatoms. The minimum absolute atomic E-state index is 0.0461. The smallest absolute Gasteiger partial charge is 0.288 e. The third kappa shape index (κ3) is 3.84. The summed E-state index contributed by atoms with van der Waals surface area (Å²) in [7, 11) is 0. The molecule has 1 N–H and O–H groups in total. The molecule has 5 nitrogen and oxygen atoms in total. The van der Waals surface area contributed by atoms with Crippen molar-refractivity contribution < 1.29 is 4.92 Å². The Morgan fingerprint density at radius 3 is 2.90 bits per heavy atom. The van der Waals surface area contributed by atoms with Gasteiger partial charge in [-0.3, -0.25) is 10.1 Å². The molecular formula is C14H20ClN3O2. The van der Waals surface area contributed by atoms with Crippen molar-refractivity contribution in [3.63, 3.8) is 0 Å². The monoisotopic (exact) mass is 297 g/mol. The first-order chi connectivity index (χ1) is 9.60. The van der Waals surface area contributed by atoms with Crippen LogP contribution in [0.2, 0.25) is 5.02 Å². The second-order valence-electron chi connectivity index (χ2n) is 5.13. The van der Waals surface area contributed by atoms with E-state index in [0.717, 1.165) is 38.2 Å². The summed E-state index contributed by atoms with van der Waals surface area (Å²) in [6.45, 7) is 5.52. The Hall–Kier alpha value is -1.33. The molecule has 1 aromatic carbocycles. The van der Waals surface area contributed by atoms with Gasteiger partial charge in [-0.2, -0.15) is 0 Å². The number of hydrogen-bond acceptors (Lipinski definition) is 4. The van der Waals surface area contributed by atoms with Crippen molar-refractivity contribution in [2.75, 3.05) is 25.0 Å². The van der Waals surface area contributed by atoms with Crippen LogP contribution in [0.3, 0.4) is 0 Å². The maximum Gasteiger partial charge on any atom is 0.288 e. The van der Waals surface area contributed by atoms with Crippen molar-refractivity contribution in [3.8, 4) is 0 Å². The molecule has 0 bridgehead atoms. The summed E-state index contributed by atoms with van der Waals surface area (Å²) >= 11 is 5.93. The highest BCUT2D eigenvalue weighted by atomic mass is 35.5. The molecule has 1 unspecified atom stereocenters. The number of nitro groups is 1. The van der Waals surface area contributed by atoms with Gasteiger partial charge < -0.3 is 10.2 Å². The summed E-state index contributed by atoms with van der Waals surface area (Å²) in [5.41, 5.74) is 0.811. The Labute approximate surface area is 124 Å². The lowest BCUT2D eigenvalue weighted by Crippen LogP contribution is -2.26. The Morgan fingerprint density at radius 2 is 2.25 bits per heavy atom. The SMILES string of the molecule is CCN1CCCC(Nc2ccc([N+](=O)[O-])c(Cl)c2)CC1. The second-order valence-corrected chi connectivity index (χ2v) is 5.54. The van der Waals surface area contributed by atoms with Gasteiger partial charge >= 0.3 is 0 Å². The Balaban J connectivity index is 1.99. The van der Waals surface area contributed by atoms with Crippen LogP contribution in [-0.2, 0) is 0 Å². The maximum atomic E-state index is 10.7. The molecule has 1 aromatic rings. The van der Waals surface area contributed by atoms with E-state index >= 15 is 0 Å². The largest absolute Gasteiger partial charge is 0.382 e. The first-order valence-electron chi connectivity index (χ1n) is 7.03. The molecule has 0 radical (unpaired) electrons. The van der Waals surface area contributed by atoms with Crippen molar-refractivity contribution in [2.24, 2.45) is 0 Å². The first-order valence-corrected chi connectivity index (χ1v) is 7.40. The highest BCUT2D eigenvalue weighted by Gasteiger charge is 2.17. The van der Waals surface area contributed by atoms with E-state index in [1.54, 1.807) is 12.1 Å². The van der Waals surface area contributed by atoms with Crippen molar-refractivity contribution in [2.45, 2.75) is 32.2 Å². The molecule has 110 valence electrons. The molecule has 2 rings (SSSR count). The van der Waals surface area contributed by atoms with Crippen molar-refractivity contribution in [3.05, 3.63) is 33.3 Å². The Bertz CT molecular complexity index is 481. The third-order valence-corrected chi connectivity index (χ3v) is 4.09. The number of anilines is 1. The maximum absolute atomic E-state index is 10.7. The van der Waals surface area contributed by atoms with Gasteiger partial charge in [0.2, 0.25) is 0 Å². The summed E-state index contributed by atoms with van der Waals surface area (Å²) in [6, 6.07) is 5.23. The molecule has 0 amide bonds. The lowest BCUT2D eigenvalue weighted by atomic mass is 10.1. The van der Waals surface area contributed by atoms with E-state index in [4.69, 9.17) is 11.6 Å². The van der Waals surface area contributed by atoms with E-state index < -0.39 is 4.92 Å². The topological polar surface area (TPSA) is 58.4 Å². The van der Waals surface area contributed by atoms with Crippen molar-refractivity contribution in [1.29, 1.82) is 0 Å². The van der Waals surface area contributed by atoms with Crippen LogP contribution in [0.4, 0.5) is 11.4 Å². The molecule has 1 saturated heterocycles. The molecule has 0 spiro atoms. The summed E-state index contributed by atoms with van der Waals surface area (Å²) < 4.78 is 0. The highest BCUT2D eigenvalue weighted by molar-refractivity contribution is 6.32. The average molecular weight is 298 g/mol. The van der Waals surface area contributed by atoms with Crippen LogP contribution in [0.15, 0.2) is 18.2 Å². The number of nitro benzene ring substituents is 1. The summed E-state index contributed by atoms with van der Waals surface area (Å²) in [4.78, 5) is 12.7. The van der Waals surface area contributed by atoms with Gasteiger partial charge in [0.25, 0.3) is 5.69 Å². The highest BCUT2D eigenvalue weighted by Crippen LogP contribution is 2.28. The van der Waals surface area contributed by atoms with Gasteiger partial charge in [0.1, 0.15) is 5.02 Å². The van der Waals surface area contributed by atoms with Gasteiger partial charge in [-0.15, -0.1) is 0 Å². The fraction of sp³-hybridized carbons (Fsp3) is 0.571. The van der Waals surface area contributed by atoms with Crippen LogP contribution < -0.4 is 5.32 Å². The number of rotatable bonds is 4. The van der Waals surface area contributed by atoms with E-state index in [2.05, 4.69) is 17.1 Å². The zero-order valence-electron chi connectivity index (χ0n) is 11.6. The molecule has 0 aliphatic carbocycles. The predicted octanol–water partition coefficient (Wildman–Crippen LogP) is 3.53. The average Bonchev–Trinajstić information content (AvgIpc) is 2.63. The van der Waals surface area contributed by atoms with Crippen LogP contribution in [0.5, 0.6) is 0 Å². The Morgan fingerprint density at radius 1 is 1.45 bits per heavy atom. The molecule has 1 heterocycles. The van der Waals surface area contributed by atoms with Gasteiger partial charge in [0.05, 0.1) is 4.92 Å². The van der Waals surface area contributed by atoms with Gasteiger partial charge in [-0.25, -0.2) is 0 Å². The first kappa shape index (κ1) is 15.1. The molecule has 1 atom stereocenters. The number of likely N-dealkylation sites (tertiary alicyclic amines) is 1. The van der Waals surface area contributed by atoms with Crippen LogP contribution in [0.1, 0.15) is 26.2 Å². The normalized spacial score (nSPS) is 20.4. The van der Waals surface area contributed by atoms with Crippen molar-refractivity contribution >= 4 is 23.0 Å². The standard InChI is InChI=1S/C14H20ClN3O2/c1-2-17-8-3-4-11(7-9-17)16-12-5-6-14(18(19)20)13(15)10-12/h5-6,10-11,16H,2-4,7-9H2,1H3. The summed E-state index contributed by atoms with van der Waals surface area (Å²) in [6.07, 6.45) is 3.37. The van der Waals surface area contributed by atoms with E-state index in [1.807, 2.05) is 0 Å². The fourth-order valence-electron chi connectivity index (χ4n) is 2.60.